The molecule has 0 aliphatic carbocycles. The summed E-state index contributed by atoms with van der Waals surface area (Å²) in [6.07, 6.45) is 3.98. The van der Waals surface area contributed by atoms with Crippen molar-refractivity contribution in [2.75, 3.05) is 30.4 Å². The zero-order chi connectivity index (χ0) is 18.1. The number of nitrogens with zero attached hydrogens (tertiary/aromatic N) is 3. The van der Waals surface area contributed by atoms with Gasteiger partial charge in [0.1, 0.15) is 0 Å². The minimum Gasteiger partial charge on any atom is -0.449 e. The number of aryl methyl sites for hydroxylation is 1. The monoisotopic (exact) mass is 345 g/mol. The van der Waals surface area contributed by atoms with Gasteiger partial charge in [-0.05, 0) is 43.7 Å². The van der Waals surface area contributed by atoms with Gasteiger partial charge in [0.25, 0.3) is 0 Å². The first kappa shape index (κ1) is 18.3. The van der Waals surface area contributed by atoms with Gasteiger partial charge in [0, 0.05) is 43.9 Å². The minimum absolute atomic E-state index is 0.271. The van der Waals surface area contributed by atoms with Gasteiger partial charge < -0.3 is 15.4 Å². The third-order valence-electron chi connectivity index (χ3n) is 3.46. The highest BCUT2D eigenvalue weighted by Gasteiger charge is 2.11. The zero-order valence-electron chi connectivity index (χ0n) is 14.4. The summed E-state index contributed by atoms with van der Waals surface area (Å²) < 4.78 is 6.75. The number of anilines is 2. The SMILES string of the molecule is CCOC(=O)N(C)c1ccc(NC(=O)NCCCn2cccn2)cc1. The summed E-state index contributed by atoms with van der Waals surface area (Å²) in [7, 11) is 1.63. The number of hydrogen-bond acceptors (Lipinski definition) is 4. The maximum absolute atomic E-state index is 11.9. The molecule has 1 heterocycles. The van der Waals surface area contributed by atoms with Gasteiger partial charge in [-0.2, -0.15) is 5.10 Å². The van der Waals surface area contributed by atoms with Crippen molar-refractivity contribution in [1.29, 1.82) is 0 Å². The standard InChI is InChI=1S/C17H23N5O3/c1-3-25-17(24)21(2)15-8-6-14(7-9-15)20-16(23)18-10-4-12-22-13-5-11-19-22/h5-9,11,13H,3-4,10,12H2,1-2H3,(H2,18,20,23). The minimum atomic E-state index is -0.418. The first-order valence-electron chi connectivity index (χ1n) is 8.13. The van der Waals surface area contributed by atoms with Gasteiger partial charge >= 0.3 is 12.1 Å². The number of nitrogens with one attached hydrogen (secondary N) is 2. The lowest BCUT2D eigenvalue weighted by Crippen LogP contribution is -2.30. The van der Waals surface area contributed by atoms with Crippen molar-refractivity contribution < 1.29 is 14.3 Å². The van der Waals surface area contributed by atoms with E-state index in [4.69, 9.17) is 4.74 Å². The molecule has 0 saturated carbocycles. The summed E-state index contributed by atoms with van der Waals surface area (Å²) in [5, 5.41) is 9.64. The molecule has 0 atom stereocenters. The molecular weight excluding hydrogens is 322 g/mol. The predicted molar refractivity (Wildman–Crippen MR) is 95.7 cm³/mol. The second-order valence-electron chi connectivity index (χ2n) is 5.31. The molecule has 2 rings (SSSR count). The van der Waals surface area contributed by atoms with Crippen LogP contribution in [-0.2, 0) is 11.3 Å². The molecule has 0 saturated heterocycles. The molecule has 2 aromatic rings. The number of urea groups is 1. The molecule has 1 aromatic carbocycles. The van der Waals surface area contributed by atoms with E-state index in [-0.39, 0.29) is 6.03 Å². The molecule has 0 spiro atoms. The van der Waals surface area contributed by atoms with E-state index in [1.54, 1.807) is 44.4 Å². The van der Waals surface area contributed by atoms with Gasteiger partial charge in [0.15, 0.2) is 0 Å². The lowest BCUT2D eigenvalue weighted by Gasteiger charge is -2.17. The summed E-state index contributed by atoms with van der Waals surface area (Å²) in [6.45, 7) is 3.38. The molecule has 0 aliphatic rings. The molecule has 2 N–H and O–H groups in total. The maximum atomic E-state index is 11.9. The van der Waals surface area contributed by atoms with Crippen LogP contribution < -0.4 is 15.5 Å². The number of aromatic nitrogens is 2. The molecule has 3 amide bonds. The molecule has 1 aromatic heterocycles. The highest BCUT2D eigenvalue weighted by atomic mass is 16.6. The Labute approximate surface area is 146 Å². The molecule has 134 valence electrons. The maximum Gasteiger partial charge on any atom is 0.413 e. The van der Waals surface area contributed by atoms with E-state index in [1.165, 1.54) is 4.90 Å². The molecular formula is C17H23N5O3. The van der Waals surface area contributed by atoms with Gasteiger partial charge in [-0.25, -0.2) is 9.59 Å². The molecule has 0 fully saturated rings. The van der Waals surface area contributed by atoms with Crippen LogP contribution in [0.3, 0.4) is 0 Å². The molecule has 8 heteroatoms. The van der Waals surface area contributed by atoms with E-state index < -0.39 is 6.09 Å². The van der Waals surface area contributed by atoms with Gasteiger partial charge in [0.05, 0.1) is 6.61 Å². The van der Waals surface area contributed by atoms with E-state index in [9.17, 15) is 9.59 Å². The smallest absolute Gasteiger partial charge is 0.413 e. The molecule has 0 aliphatic heterocycles. The average molecular weight is 345 g/mol. The Hall–Kier alpha value is -3.03. The van der Waals surface area contributed by atoms with Crippen LogP contribution in [0, 0.1) is 0 Å². The summed E-state index contributed by atoms with van der Waals surface area (Å²) in [4.78, 5) is 24.9. The number of amides is 3. The Morgan fingerprint density at radius 3 is 2.68 bits per heavy atom. The zero-order valence-corrected chi connectivity index (χ0v) is 14.4. The van der Waals surface area contributed by atoms with Crippen molar-refractivity contribution in [3.8, 4) is 0 Å². The summed E-state index contributed by atoms with van der Waals surface area (Å²) >= 11 is 0. The molecule has 0 unspecified atom stereocenters. The summed E-state index contributed by atoms with van der Waals surface area (Å²) in [5.41, 5.74) is 1.33. The Morgan fingerprint density at radius 1 is 1.28 bits per heavy atom. The van der Waals surface area contributed by atoms with E-state index in [2.05, 4.69) is 15.7 Å². The quantitative estimate of drug-likeness (QED) is 0.755. The van der Waals surface area contributed by atoms with Crippen LogP contribution in [0.4, 0.5) is 21.0 Å². The van der Waals surface area contributed by atoms with Crippen LogP contribution in [0.5, 0.6) is 0 Å². The predicted octanol–water partition coefficient (Wildman–Crippen LogP) is 2.69. The number of carbonyl (C=O) groups excluding carboxylic acids is 2. The van der Waals surface area contributed by atoms with Gasteiger partial charge in [0.2, 0.25) is 0 Å². The summed E-state index contributed by atoms with van der Waals surface area (Å²) in [6, 6.07) is 8.53. The first-order valence-corrected chi connectivity index (χ1v) is 8.13. The number of carbonyl (C=O) groups is 2. The van der Waals surface area contributed by atoms with Gasteiger partial charge in [-0.1, -0.05) is 0 Å². The Bertz CT molecular complexity index is 670. The van der Waals surface area contributed by atoms with E-state index in [0.717, 1.165) is 13.0 Å². The van der Waals surface area contributed by atoms with Crippen molar-refractivity contribution in [3.05, 3.63) is 42.7 Å². The highest BCUT2D eigenvalue weighted by molar-refractivity contribution is 5.90. The number of rotatable bonds is 7. The van der Waals surface area contributed by atoms with Crippen molar-refractivity contribution in [2.24, 2.45) is 0 Å². The topological polar surface area (TPSA) is 88.5 Å². The number of ether oxygens (including phenoxy) is 1. The third kappa shape index (κ3) is 5.83. The summed E-state index contributed by atoms with van der Waals surface area (Å²) in [5.74, 6) is 0. The largest absolute Gasteiger partial charge is 0.449 e. The Morgan fingerprint density at radius 2 is 2.04 bits per heavy atom. The van der Waals surface area contributed by atoms with Crippen LogP contribution in [0.1, 0.15) is 13.3 Å². The lowest BCUT2D eigenvalue weighted by atomic mass is 10.2. The third-order valence-corrected chi connectivity index (χ3v) is 3.46. The van der Waals surface area contributed by atoms with Crippen LogP contribution >= 0.6 is 0 Å². The lowest BCUT2D eigenvalue weighted by molar-refractivity contribution is 0.161. The Balaban J connectivity index is 1.74. The van der Waals surface area contributed by atoms with Crippen molar-refractivity contribution in [1.82, 2.24) is 15.1 Å². The molecule has 0 radical (unpaired) electrons. The van der Waals surface area contributed by atoms with E-state index in [1.807, 2.05) is 16.9 Å². The average Bonchev–Trinajstić information content (AvgIpc) is 3.12. The fourth-order valence-corrected chi connectivity index (χ4v) is 2.15. The fourth-order valence-electron chi connectivity index (χ4n) is 2.15. The molecule has 8 nitrogen and oxygen atoms in total. The second kappa shape index (κ2) is 9.31. The molecule has 0 bridgehead atoms. The van der Waals surface area contributed by atoms with Crippen molar-refractivity contribution in [2.45, 2.75) is 19.9 Å². The first-order chi connectivity index (χ1) is 12.1. The Kier molecular flexibility index (Phi) is 6.82. The normalized spacial score (nSPS) is 10.2. The van der Waals surface area contributed by atoms with Crippen LogP contribution in [0.25, 0.3) is 0 Å². The molecule has 25 heavy (non-hydrogen) atoms. The van der Waals surface area contributed by atoms with Crippen molar-refractivity contribution >= 4 is 23.5 Å². The fraction of sp³-hybridized carbons (Fsp3) is 0.353. The van der Waals surface area contributed by atoms with Crippen LogP contribution in [0.15, 0.2) is 42.7 Å². The highest BCUT2D eigenvalue weighted by Crippen LogP contribution is 2.17. The van der Waals surface area contributed by atoms with Crippen molar-refractivity contribution in [3.63, 3.8) is 0 Å². The van der Waals surface area contributed by atoms with Gasteiger partial charge in [-0.15, -0.1) is 0 Å². The number of benzene rings is 1. The second-order valence-corrected chi connectivity index (χ2v) is 5.31. The number of hydrogen-bond donors (Lipinski definition) is 2. The van der Waals surface area contributed by atoms with Crippen LogP contribution in [-0.4, -0.2) is 42.1 Å². The van der Waals surface area contributed by atoms with Crippen LogP contribution in [0.2, 0.25) is 0 Å². The van der Waals surface area contributed by atoms with E-state index in [0.29, 0.717) is 24.5 Å². The van der Waals surface area contributed by atoms with Gasteiger partial charge in [-0.3, -0.25) is 9.58 Å². The van der Waals surface area contributed by atoms with E-state index >= 15 is 0 Å².